The van der Waals surface area contributed by atoms with Crippen LogP contribution in [-0.2, 0) is 6.42 Å². The summed E-state index contributed by atoms with van der Waals surface area (Å²) in [6.07, 6.45) is 1.42. The molecule has 1 aromatic rings. The van der Waals surface area contributed by atoms with Gasteiger partial charge in [-0.2, -0.15) is 11.8 Å². The standard InChI is InChI=1S/C13H17NO4S/c1-2-10-9(13(16)17)8-11(18-10)12(15)14-4-3-6-19-7-5-14/h8H,2-7H2,1H3,(H,16,17). The first-order valence-corrected chi connectivity index (χ1v) is 7.52. The Morgan fingerprint density at radius 2 is 2.21 bits per heavy atom. The number of thioether (sulfide) groups is 1. The maximum Gasteiger partial charge on any atom is 0.339 e. The van der Waals surface area contributed by atoms with Crippen molar-refractivity contribution >= 4 is 23.6 Å². The van der Waals surface area contributed by atoms with Crippen LogP contribution in [0.25, 0.3) is 0 Å². The molecule has 0 unspecified atom stereocenters. The fourth-order valence-corrected chi connectivity index (χ4v) is 2.97. The number of hydrogen-bond donors (Lipinski definition) is 1. The van der Waals surface area contributed by atoms with Gasteiger partial charge in [-0.15, -0.1) is 0 Å². The number of carbonyl (C=O) groups is 2. The van der Waals surface area contributed by atoms with E-state index in [0.29, 0.717) is 25.3 Å². The molecule has 19 heavy (non-hydrogen) atoms. The Balaban J connectivity index is 2.20. The molecular formula is C13H17NO4S. The summed E-state index contributed by atoms with van der Waals surface area (Å²) in [7, 11) is 0. The van der Waals surface area contributed by atoms with Crippen molar-refractivity contribution in [1.82, 2.24) is 4.90 Å². The van der Waals surface area contributed by atoms with Crippen LogP contribution >= 0.6 is 11.8 Å². The van der Waals surface area contributed by atoms with E-state index in [2.05, 4.69) is 0 Å². The number of hydrogen-bond acceptors (Lipinski definition) is 4. The van der Waals surface area contributed by atoms with Crippen LogP contribution in [0.15, 0.2) is 10.5 Å². The fourth-order valence-electron chi connectivity index (χ4n) is 2.08. The molecule has 0 aliphatic carbocycles. The largest absolute Gasteiger partial charge is 0.478 e. The maximum atomic E-state index is 12.3. The molecule has 1 fully saturated rings. The Bertz CT molecular complexity index is 475. The highest BCUT2D eigenvalue weighted by Crippen LogP contribution is 2.19. The van der Waals surface area contributed by atoms with E-state index in [0.717, 1.165) is 17.9 Å². The molecule has 6 heteroatoms. The van der Waals surface area contributed by atoms with E-state index in [1.807, 2.05) is 18.7 Å². The first-order valence-electron chi connectivity index (χ1n) is 6.36. The molecule has 5 nitrogen and oxygen atoms in total. The van der Waals surface area contributed by atoms with Gasteiger partial charge in [-0.3, -0.25) is 4.79 Å². The zero-order valence-electron chi connectivity index (χ0n) is 10.8. The predicted octanol–water partition coefficient (Wildman–Crippen LogP) is 2.12. The van der Waals surface area contributed by atoms with E-state index in [9.17, 15) is 9.59 Å². The predicted molar refractivity (Wildman–Crippen MR) is 72.9 cm³/mol. The zero-order valence-corrected chi connectivity index (χ0v) is 11.7. The summed E-state index contributed by atoms with van der Waals surface area (Å²) in [4.78, 5) is 25.1. The minimum absolute atomic E-state index is 0.0926. The molecule has 1 amide bonds. The average molecular weight is 283 g/mol. The number of aryl methyl sites for hydroxylation is 1. The number of furan rings is 1. The molecule has 0 atom stereocenters. The topological polar surface area (TPSA) is 70.8 Å². The van der Waals surface area contributed by atoms with Crippen LogP contribution in [-0.4, -0.2) is 46.5 Å². The summed E-state index contributed by atoms with van der Waals surface area (Å²) < 4.78 is 5.40. The van der Waals surface area contributed by atoms with Gasteiger partial charge in [0.25, 0.3) is 5.91 Å². The van der Waals surface area contributed by atoms with Crippen LogP contribution in [0.3, 0.4) is 0 Å². The lowest BCUT2D eigenvalue weighted by molar-refractivity contribution is 0.0692. The minimum atomic E-state index is -1.05. The minimum Gasteiger partial charge on any atom is -0.478 e. The Kier molecular flexibility index (Phi) is 4.52. The molecule has 2 rings (SSSR count). The molecule has 1 saturated heterocycles. The monoisotopic (exact) mass is 283 g/mol. The first-order chi connectivity index (χ1) is 9.13. The number of rotatable bonds is 3. The highest BCUT2D eigenvalue weighted by Gasteiger charge is 2.24. The number of carboxylic acid groups (broad SMARTS) is 1. The molecule has 0 saturated carbocycles. The molecule has 0 aromatic carbocycles. The molecule has 1 aliphatic rings. The second-order valence-electron chi connectivity index (χ2n) is 4.36. The highest BCUT2D eigenvalue weighted by molar-refractivity contribution is 7.99. The van der Waals surface area contributed by atoms with Crippen LogP contribution in [0, 0.1) is 0 Å². The van der Waals surface area contributed by atoms with Gasteiger partial charge in [-0.25, -0.2) is 4.79 Å². The van der Waals surface area contributed by atoms with Gasteiger partial charge in [0.1, 0.15) is 11.3 Å². The fraction of sp³-hybridized carbons (Fsp3) is 0.538. The van der Waals surface area contributed by atoms with Crippen LogP contribution in [0.2, 0.25) is 0 Å². The quantitative estimate of drug-likeness (QED) is 0.920. The Morgan fingerprint density at radius 3 is 2.84 bits per heavy atom. The lowest BCUT2D eigenvalue weighted by atomic mass is 10.2. The van der Waals surface area contributed by atoms with Crippen molar-refractivity contribution in [3.63, 3.8) is 0 Å². The molecule has 1 aromatic heterocycles. The third kappa shape index (κ3) is 3.12. The summed E-state index contributed by atoms with van der Waals surface area (Å²) in [6.45, 7) is 3.20. The number of nitrogens with zero attached hydrogens (tertiary/aromatic N) is 1. The Morgan fingerprint density at radius 1 is 1.42 bits per heavy atom. The normalized spacial score (nSPS) is 16.2. The first kappa shape index (κ1) is 14.0. The van der Waals surface area contributed by atoms with Gasteiger partial charge >= 0.3 is 5.97 Å². The van der Waals surface area contributed by atoms with Crippen LogP contribution in [0.1, 0.15) is 40.0 Å². The Labute approximate surface area is 116 Å². The second kappa shape index (κ2) is 6.14. The summed E-state index contributed by atoms with van der Waals surface area (Å²) in [5.41, 5.74) is 0.0926. The summed E-state index contributed by atoms with van der Waals surface area (Å²) >= 11 is 1.83. The Hall–Kier alpha value is -1.43. The smallest absolute Gasteiger partial charge is 0.339 e. The van der Waals surface area contributed by atoms with Gasteiger partial charge in [-0.1, -0.05) is 6.92 Å². The molecule has 1 aliphatic heterocycles. The van der Waals surface area contributed by atoms with Crippen molar-refractivity contribution < 1.29 is 19.1 Å². The molecule has 104 valence electrons. The molecule has 2 heterocycles. The number of carbonyl (C=O) groups excluding carboxylic acids is 1. The van der Waals surface area contributed by atoms with Crippen molar-refractivity contribution in [2.75, 3.05) is 24.6 Å². The molecule has 0 bridgehead atoms. The van der Waals surface area contributed by atoms with Crippen molar-refractivity contribution in [2.24, 2.45) is 0 Å². The van der Waals surface area contributed by atoms with Crippen molar-refractivity contribution in [3.05, 3.63) is 23.2 Å². The van der Waals surface area contributed by atoms with Crippen LogP contribution < -0.4 is 0 Å². The highest BCUT2D eigenvalue weighted by atomic mass is 32.2. The van der Waals surface area contributed by atoms with E-state index in [1.54, 1.807) is 4.90 Å². The van der Waals surface area contributed by atoms with Crippen molar-refractivity contribution in [2.45, 2.75) is 19.8 Å². The van der Waals surface area contributed by atoms with Gasteiger partial charge in [0, 0.05) is 31.3 Å². The number of carboxylic acids is 1. The van der Waals surface area contributed by atoms with Crippen molar-refractivity contribution in [1.29, 1.82) is 0 Å². The van der Waals surface area contributed by atoms with Gasteiger partial charge in [0.15, 0.2) is 5.76 Å². The summed E-state index contributed by atoms with van der Waals surface area (Å²) in [5, 5.41) is 9.06. The molecular weight excluding hydrogens is 266 g/mol. The third-order valence-electron chi connectivity index (χ3n) is 3.08. The zero-order chi connectivity index (χ0) is 13.8. The number of aromatic carboxylic acids is 1. The van der Waals surface area contributed by atoms with Crippen LogP contribution in [0.5, 0.6) is 0 Å². The summed E-state index contributed by atoms with van der Waals surface area (Å²) in [6, 6.07) is 1.35. The van der Waals surface area contributed by atoms with E-state index >= 15 is 0 Å². The van der Waals surface area contributed by atoms with Crippen LogP contribution in [0.4, 0.5) is 0 Å². The lowest BCUT2D eigenvalue weighted by Gasteiger charge is -2.18. The maximum absolute atomic E-state index is 12.3. The van der Waals surface area contributed by atoms with Gasteiger partial charge in [0.05, 0.1) is 0 Å². The third-order valence-corrected chi connectivity index (χ3v) is 4.13. The van der Waals surface area contributed by atoms with Gasteiger partial charge in [0.2, 0.25) is 0 Å². The molecule has 0 spiro atoms. The van der Waals surface area contributed by atoms with Gasteiger partial charge in [-0.05, 0) is 12.2 Å². The van der Waals surface area contributed by atoms with Gasteiger partial charge < -0.3 is 14.4 Å². The molecule has 1 N–H and O–H groups in total. The second-order valence-corrected chi connectivity index (χ2v) is 5.59. The van der Waals surface area contributed by atoms with E-state index < -0.39 is 5.97 Å². The lowest BCUT2D eigenvalue weighted by Crippen LogP contribution is -2.32. The molecule has 0 radical (unpaired) electrons. The van der Waals surface area contributed by atoms with Crippen molar-refractivity contribution in [3.8, 4) is 0 Å². The summed E-state index contributed by atoms with van der Waals surface area (Å²) in [5.74, 6) is 1.22. The SMILES string of the molecule is CCc1oc(C(=O)N2CCCSCC2)cc1C(=O)O. The van der Waals surface area contributed by atoms with E-state index in [1.165, 1.54) is 6.07 Å². The number of amides is 1. The average Bonchev–Trinajstić information content (AvgIpc) is 2.65. The van der Waals surface area contributed by atoms with E-state index in [4.69, 9.17) is 9.52 Å². The van der Waals surface area contributed by atoms with E-state index in [-0.39, 0.29) is 17.2 Å².